The molecule has 1 aliphatic rings. The first-order valence-corrected chi connectivity index (χ1v) is 12.9. The van der Waals surface area contributed by atoms with Crippen molar-refractivity contribution in [2.45, 2.75) is 44.4 Å². The second-order valence-electron chi connectivity index (χ2n) is 7.60. The van der Waals surface area contributed by atoms with Gasteiger partial charge >= 0.3 is 12.6 Å². The van der Waals surface area contributed by atoms with Crippen molar-refractivity contribution in [3.63, 3.8) is 0 Å². The van der Waals surface area contributed by atoms with Crippen molar-refractivity contribution in [2.75, 3.05) is 17.7 Å². The van der Waals surface area contributed by atoms with E-state index in [0.29, 0.717) is 27.0 Å². The number of hydrogen-bond acceptors (Lipinski definition) is 8. The number of aryl methyl sites for hydroxylation is 1. The number of thioether (sulfide) groups is 1. The van der Waals surface area contributed by atoms with E-state index in [9.17, 15) is 18.4 Å². The number of nitrogens with one attached hydrogen (secondary N) is 1. The summed E-state index contributed by atoms with van der Waals surface area (Å²) in [4.78, 5) is 35.0. The number of aromatic nitrogens is 2. The molecule has 0 radical (unpaired) electrons. The molecule has 0 atom stereocenters. The molecule has 1 amide bonds. The van der Waals surface area contributed by atoms with Gasteiger partial charge in [0.05, 0.1) is 23.6 Å². The Morgan fingerprint density at radius 3 is 2.69 bits per heavy atom. The van der Waals surface area contributed by atoms with Crippen LogP contribution in [0.2, 0.25) is 0 Å². The molecule has 0 fully saturated rings. The lowest BCUT2D eigenvalue weighted by molar-refractivity contribution is -0.113. The average molecular weight is 520 g/mol. The van der Waals surface area contributed by atoms with Crippen LogP contribution >= 0.6 is 23.1 Å². The van der Waals surface area contributed by atoms with Gasteiger partial charge in [0.2, 0.25) is 5.91 Å². The number of alkyl halides is 2. The highest BCUT2D eigenvalue weighted by Crippen LogP contribution is 2.38. The number of nitrogens with zero attached hydrogens (tertiary/aromatic N) is 2. The molecule has 11 heteroatoms. The molecule has 0 aliphatic heterocycles. The van der Waals surface area contributed by atoms with E-state index in [-0.39, 0.29) is 24.0 Å². The van der Waals surface area contributed by atoms with Gasteiger partial charge in [0.1, 0.15) is 10.8 Å². The summed E-state index contributed by atoms with van der Waals surface area (Å²) in [6, 6.07) is 7.81. The van der Waals surface area contributed by atoms with Crippen LogP contribution in [0.5, 0.6) is 5.75 Å². The molecule has 0 saturated heterocycles. The number of hydrogen-bond donors (Lipinski definition) is 1. The number of thiophene rings is 1. The van der Waals surface area contributed by atoms with Crippen LogP contribution in [-0.2, 0) is 22.4 Å². The van der Waals surface area contributed by atoms with Crippen LogP contribution in [-0.4, -0.2) is 40.8 Å². The zero-order valence-corrected chi connectivity index (χ0v) is 20.5. The summed E-state index contributed by atoms with van der Waals surface area (Å²) in [5.74, 6) is -0.575. The van der Waals surface area contributed by atoms with Crippen molar-refractivity contribution in [1.82, 2.24) is 9.97 Å². The third-order valence-electron chi connectivity index (χ3n) is 5.24. The van der Waals surface area contributed by atoms with E-state index >= 15 is 0 Å². The molecule has 35 heavy (non-hydrogen) atoms. The number of rotatable bonds is 9. The predicted molar refractivity (Wildman–Crippen MR) is 130 cm³/mol. The van der Waals surface area contributed by atoms with Gasteiger partial charge in [-0.25, -0.2) is 14.8 Å². The summed E-state index contributed by atoms with van der Waals surface area (Å²) in [5, 5.41) is 3.79. The van der Waals surface area contributed by atoms with Crippen molar-refractivity contribution in [3.05, 3.63) is 52.5 Å². The normalized spacial score (nSPS) is 12.8. The SMILES string of the molecule is CCOC(=O)c1c(NC(=O)CSc2nccc(-c3ccc(OC(F)F)cc3)n2)sc2c1CCCC2. The molecule has 7 nitrogen and oxygen atoms in total. The van der Waals surface area contributed by atoms with Crippen LogP contribution in [0.1, 0.15) is 40.6 Å². The van der Waals surface area contributed by atoms with Crippen molar-refractivity contribution in [1.29, 1.82) is 0 Å². The van der Waals surface area contributed by atoms with E-state index in [0.717, 1.165) is 47.9 Å². The third-order valence-corrected chi connectivity index (χ3v) is 7.31. The number of benzene rings is 1. The zero-order valence-electron chi connectivity index (χ0n) is 18.9. The maximum absolute atomic E-state index is 12.7. The first kappa shape index (κ1) is 25.1. The number of amides is 1. The highest BCUT2D eigenvalue weighted by Gasteiger charge is 2.27. The molecule has 3 aromatic rings. The molecule has 4 rings (SSSR count). The van der Waals surface area contributed by atoms with Gasteiger partial charge in [-0.3, -0.25) is 4.79 Å². The van der Waals surface area contributed by atoms with E-state index in [4.69, 9.17) is 4.74 Å². The molecular weight excluding hydrogens is 496 g/mol. The van der Waals surface area contributed by atoms with Crippen LogP contribution in [0.4, 0.5) is 13.8 Å². The van der Waals surface area contributed by atoms with Gasteiger partial charge < -0.3 is 14.8 Å². The topological polar surface area (TPSA) is 90.4 Å². The molecule has 0 saturated carbocycles. The summed E-state index contributed by atoms with van der Waals surface area (Å²) in [6.45, 7) is -0.866. The molecule has 0 bridgehead atoms. The number of anilines is 1. The molecule has 1 N–H and O–H groups in total. The van der Waals surface area contributed by atoms with Crippen molar-refractivity contribution >= 4 is 40.0 Å². The molecule has 0 spiro atoms. The minimum absolute atomic E-state index is 0.0510. The van der Waals surface area contributed by atoms with E-state index in [1.54, 1.807) is 31.3 Å². The fourth-order valence-corrected chi connectivity index (χ4v) is 5.67. The summed E-state index contributed by atoms with van der Waals surface area (Å²) in [5.41, 5.74) is 2.75. The van der Waals surface area contributed by atoms with E-state index in [1.165, 1.54) is 23.5 Å². The molecule has 1 aromatic carbocycles. The first-order valence-electron chi connectivity index (χ1n) is 11.1. The van der Waals surface area contributed by atoms with Crippen LogP contribution < -0.4 is 10.1 Å². The van der Waals surface area contributed by atoms with Crippen LogP contribution in [0, 0.1) is 0 Å². The standard InChI is InChI=1S/C24H23F2N3O4S2/c1-2-32-22(31)20-16-5-3-4-6-18(16)35-21(20)29-19(30)13-34-24-27-12-11-17(28-24)14-7-9-15(10-8-14)33-23(25)26/h7-12,23H,2-6,13H2,1H3,(H,29,30). The number of esters is 1. The van der Waals surface area contributed by atoms with Crippen molar-refractivity contribution in [2.24, 2.45) is 0 Å². The minimum atomic E-state index is -2.89. The number of carbonyl (C=O) groups excluding carboxylic acids is 2. The Bertz CT molecular complexity index is 1200. The van der Waals surface area contributed by atoms with Gasteiger partial charge in [-0.05, 0) is 68.5 Å². The summed E-state index contributed by atoms with van der Waals surface area (Å²) in [7, 11) is 0. The minimum Gasteiger partial charge on any atom is -0.462 e. The number of ether oxygens (including phenoxy) is 2. The van der Waals surface area contributed by atoms with Crippen LogP contribution in [0.15, 0.2) is 41.7 Å². The lowest BCUT2D eigenvalue weighted by Gasteiger charge is -2.12. The Labute approximate surface area is 209 Å². The van der Waals surface area contributed by atoms with E-state index in [1.807, 2.05) is 0 Å². The maximum Gasteiger partial charge on any atom is 0.387 e. The second-order valence-corrected chi connectivity index (χ2v) is 9.65. The lowest BCUT2D eigenvalue weighted by Crippen LogP contribution is -2.17. The van der Waals surface area contributed by atoms with Gasteiger partial charge in [-0.2, -0.15) is 8.78 Å². The van der Waals surface area contributed by atoms with Crippen LogP contribution in [0.25, 0.3) is 11.3 Å². The Hall–Kier alpha value is -3.05. The summed E-state index contributed by atoms with van der Waals surface area (Å²) in [6.07, 6.45) is 5.34. The predicted octanol–water partition coefficient (Wildman–Crippen LogP) is 5.59. The summed E-state index contributed by atoms with van der Waals surface area (Å²) >= 11 is 2.60. The van der Waals surface area contributed by atoms with Gasteiger partial charge in [-0.1, -0.05) is 11.8 Å². The Morgan fingerprint density at radius 1 is 1.17 bits per heavy atom. The molecule has 184 valence electrons. The van der Waals surface area contributed by atoms with E-state index < -0.39 is 12.6 Å². The largest absolute Gasteiger partial charge is 0.462 e. The second kappa shape index (κ2) is 11.6. The molecule has 2 aromatic heterocycles. The molecule has 2 heterocycles. The molecule has 1 aliphatic carbocycles. The fraction of sp³-hybridized carbons (Fsp3) is 0.333. The van der Waals surface area contributed by atoms with Gasteiger partial charge in [0.15, 0.2) is 5.16 Å². The average Bonchev–Trinajstić information content (AvgIpc) is 3.21. The lowest BCUT2D eigenvalue weighted by atomic mass is 9.95. The Morgan fingerprint density at radius 2 is 1.94 bits per heavy atom. The quantitative estimate of drug-likeness (QED) is 0.224. The smallest absolute Gasteiger partial charge is 0.387 e. The highest BCUT2D eigenvalue weighted by atomic mass is 32.2. The number of carbonyl (C=O) groups is 2. The maximum atomic E-state index is 12.7. The van der Waals surface area contributed by atoms with E-state index in [2.05, 4.69) is 20.0 Å². The highest BCUT2D eigenvalue weighted by molar-refractivity contribution is 7.99. The summed E-state index contributed by atoms with van der Waals surface area (Å²) < 4.78 is 34.3. The fourth-order valence-electron chi connectivity index (χ4n) is 3.74. The number of halogens is 2. The third kappa shape index (κ3) is 6.34. The van der Waals surface area contributed by atoms with Crippen molar-refractivity contribution in [3.8, 4) is 17.0 Å². The van der Waals surface area contributed by atoms with Crippen LogP contribution in [0.3, 0.4) is 0 Å². The monoisotopic (exact) mass is 519 g/mol. The van der Waals surface area contributed by atoms with Gasteiger partial charge in [0.25, 0.3) is 0 Å². The van der Waals surface area contributed by atoms with Gasteiger partial charge in [-0.15, -0.1) is 11.3 Å². The Balaban J connectivity index is 1.42. The zero-order chi connectivity index (χ0) is 24.8. The van der Waals surface area contributed by atoms with Gasteiger partial charge in [0, 0.05) is 16.6 Å². The first-order chi connectivity index (χ1) is 16.9. The molecule has 0 unspecified atom stereocenters. The number of fused-ring (bicyclic) bond motifs is 1. The van der Waals surface area contributed by atoms with Crippen molar-refractivity contribution < 1.29 is 27.8 Å². The molecular formula is C24H23F2N3O4S2. The Kier molecular flexibility index (Phi) is 8.29.